The van der Waals surface area contributed by atoms with Crippen LogP contribution in [0.5, 0.6) is 5.88 Å². The average Bonchev–Trinajstić information content (AvgIpc) is 2.14. The van der Waals surface area contributed by atoms with E-state index in [1.165, 1.54) is 0 Å². The van der Waals surface area contributed by atoms with E-state index < -0.39 is 0 Å². The Bertz CT molecular complexity index is 316. The number of nitrogens with zero attached hydrogens (tertiary/aromatic N) is 2. The van der Waals surface area contributed by atoms with Gasteiger partial charge in [0.2, 0.25) is 5.88 Å². The summed E-state index contributed by atoms with van der Waals surface area (Å²) in [5, 5.41) is 8.92. The fraction of sp³-hybridized carbons (Fsp3) is 0.455. The molecule has 1 rings (SSSR count). The van der Waals surface area contributed by atoms with Crippen molar-refractivity contribution in [3.8, 4) is 5.88 Å². The first-order valence-corrected chi connectivity index (χ1v) is 5.76. The van der Waals surface area contributed by atoms with Gasteiger partial charge < -0.3 is 4.74 Å². The molecule has 0 saturated carbocycles. The second-order valence-corrected chi connectivity index (χ2v) is 5.06. The van der Waals surface area contributed by atoms with Gasteiger partial charge in [0.25, 0.3) is 0 Å². The predicted molar refractivity (Wildman–Crippen MR) is 63.3 cm³/mol. The number of rotatable bonds is 4. The molecule has 0 spiro atoms. The highest BCUT2D eigenvalue weighted by atomic mass is 32.2. The molecule has 82 valence electrons. The fourth-order valence-corrected chi connectivity index (χ4v) is 1.45. The van der Waals surface area contributed by atoms with Gasteiger partial charge in [-0.1, -0.05) is 6.08 Å². The summed E-state index contributed by atoms with van der Waals surface area (Å²) >= 11 is 1.60. The van der Waals surface area contributed by atoms with E-state index in [4.69, 9.17) is 4.74 Å². The van der Waals surface area contributed by atoms with Crippen molar-refractivity contribution in [2.24, 2.45) is 0 Å². The minimum Gasteiger partial charge on any atom is -0.471 e. The molecule has 0 radical (unpaired) electrons. The summed E-state index contributed by atoms with van der Waals surface area (Å²) < 4.78 is 5.56. The Morgan fingerprint density at radius 3 is 2.60 bits per heavy atom. The normalized spacial score (nSPS) is 11.1. The molecule has 1 heterocycles. The lowest BCUT2D eigenvalue weighted by molar-refractivity contribution is 0.122. The molecule has 0 bridgehead atoms. The van der Waals surface area contributed by atoms with Crippen molar-refractivity contribution in [1.82, 2.24) is 10.2 Å². The van der Waals surface area contributed by atoms with Crippen LogP contribution in [0, 0.1) is 0 Å². The smallest absolute Gasteiger partial charge is 0.233 e. The van der Waals surface area contributed by atoms with Crippen molar-refractivity contribution >= 4 is 11.8 Å². The molecule has 0 saturated heterocycles. The van der Waals surface area contributed by atoms with Crippen LogP contribution in [0.1, 0.15) is 20.8 Å². The first-order valence-electron chi connectivity index (χ1n) is 4.78. The van der Waals surface area contributed by atoms with Gasteiger partial charge in [0.15, 0.2) is 0 Å². The van der Waals surface area contributed by atoms with Crippen LogP contribution in [0.4, 0.5) is 0 Å². The maximum atomic E-state index is 5.56. The van der Waals surface area contributed by atoms with Crippen molar-refractivity contribution < 1.29 is 4.74 Å². The lowest BCUT2D eigenvalue weighted by atomic mass is 10.2. The van der Waals surface area contributed by atoms with Gasteiger partial charge in [-0.25, -0.2) is 0 Å². The predicted octanol–water partition coefficient (Wildman–Crippen LogP) is 2.93. The van der Waals surface area contributed by atoms with Gasteiger partial charge in [-0.3, -0.25) is 0 Å². The van der Waals surface area contributed by atoms with E-state index in [9.17, 15) is 0 Å². The van der Waals surface area contributed by atoms with Crippen LogP contribution in [0.25, 0.3) is 0 Å². The molecule has 0 aliphatic heterocycles. The van der Waals surface area contributed by atoms with Gasteiger partial charge in [-0.05, 0) is 26.8 Å². The van der Waals surface area contributed by atoms with Gasteiger partial charge >= 0.3 is 0 Å². The summed E-state index contributed by atoms with van der Waals surface area (Å²) in [5.41, 5.74) is -0.232. The van der Waals surface area contributed by atoms with Crippen molar-refractivity contribution in [3.05, 3.63) is 24.8 Å². The van der Waals surface area contributed by atoms with Crippen molar-refractivity contribution in [3.63, 3.8) is 0 Å². The lowest BCUT2D eigenvalue weighted by Gasteiger charge is -2.19. The quantitative estimate of drug-likeness (QED) is 0.582. The summed E-state index contributed by atoms with van der Waals surface area (Å²) in [6.45, 7) is 9.59. The third kappa shape index (κ3) is 4.83. The zero-order valence-corrected chi connectivity index (χ0v) is 10.2. The Hall–Kier alpha value is -1.03. The van der Waals surface area contributed by atoms with Crippen LogP contribution in [-0.4, -0.2) is 21.6 Å². The molecular formula is C11H16N2OS. The zero-order valence-electron chi connectivity index (χ0n) is 9.36. The maximum Gasteiger partial charge on any atom is 0.233 e. The van der Waals surface area contributed by atoms with Crippen LogP contribution < -0.4 is 4.74 Å². The second kappa shape index (κ2) is 5.16. The lowest BCUT2D eigenvalue weighted by Crippen LogP contribution is -2.23. The summed E-state index contributed by atoms with van der Waals surface area (Å²) in [4.78, 5) is 0. The highest BCUT2D eigenvalue weighted by molar-refractivity contribution is 7.99. The van der Waals surface area contributed by atoms with Crippen LogP contribution in [0.2, 0.25) is 0 Å². The summed E-state index contributed by atoms with van der Waals surface area (Å²) in [6.07, 6.45) is 1.84. The number of hydrogen-bond acceptors (Lipinski definition) is 4. The molecule has 0 amide bonds. The number of thioether (sulfide) groups is 1. The van der Waals surface area contributed by atoms with E-state index in [1.54, 1.807) is 11.8 Å². The van der Waals surface area contributed by atoms with Gasteiger partial charge in [0.05, 0.1) is 0 Å². The van der Waals surface area contributed by atoms with E-state index in [0.717, 1.165) is 10.8 Å². The van der Waals surface area contributed by atoms with Crippen LogP contribution in [-0.2, 0) is 0 Å². The summed E-state index contributed by atoms with van der Waals surface area (Å²) in [7, 11) is 0. The Morgan fingerprint density at radius 2 is 2.13 bits per heavy atom. The van der Waals surface area contributed by atoms with Crippen LogP contribution >= 0.6 is 11.8 Å². The molecule has 4 heteroatoms. The zero-order chi connectivity index (χ0) is 11.3. The monoisotopic (exact) mass is 224 g/mol. The third-order valence-electron chi connectivity index (χ3n) is 1.38. The molecule has 0 atom stereocenters. The summed E-state index contributed by atoms with van der Waals surface area (Å²) in [5.74, 6) is 1.40. The highest BCUT2D eigenvalue weighted by Crippen LogP contribution is 2.18. The number of hydrogen-bond donors (Lipinski definition) is 0. The molecule has 0 aliphatic rings. The Labute approximate surface area is 94.9 Å². The van der Waals surface area contributed by atoms with E-state index >= 15 is 0 Å². The standard InChI is InChI=1S/C11H16N2OS/c1-5-8-15-10-7-6-9(12-13-10)14-11(2,3)4/h5-7H,1,8H2,2-4H3. The van der Waals surface area contributed by atoms with E-state index in [0.29, 0.717) is 5.88 Å². The maximum absolute atomic E-state index is 5.56. The first-order chi connectivity index (χ1) is 7.01. The number of aromatic nitrogens is 2. The van der Waals surface area contributed by atoms with E-state index in [-0.39, 0.29) is 5.60 Å². The molecular weight excluding hydrogens is 208 g/mol. The van der Waals surface area contributed by atoms with Gasteiger partial charge in [0.1, 0.15) is 10.6 Å². The Morgan fingerprint density at radius 1 is 1.40 bits per heavy atom. The first kappa shape index (κ1) is 12.0. The molecule has 0 aromatic carbocycles. The highest BCUT2D eigenvalue weighted by Gasteiger charge is 2.12. The van der Waals surface area contributed by atoms with Crippen LogP contribution in [0.15, 0.2) is 29.8 Å². The van der Waals surface area contributed by atoms with Crippen LogP contribution in [0.3, 0.4) is 0 Å². The largest absolute Gasteiger partial charge is 0.471 e. The van der Waals surface area contributed by atoms with E-state index in [2.05, 4.69) is 16.8 Å². The third-order valence-corrected chi connectivity index (χ3v) is 2.29. The topological polar surface area (TPSA) is 35.0 Å². The SMILES string of the molecule is C=CCSc1ccc(OC(C)(C)C)nn1. The molecule has 0 N–H and O–H groups in total. The summed E-state index contributed by atoms with van der Waals surface area (Å²) in [6, 6.07) is 3.74. The molecule has 0 unspecified atom stereocenters. The van der Waals surface area contributed by atoms with Crippen molar-refractivity contribution in [1.29, 1.82) is 0 Å². The Kier molecular flexibility index (Phi) is 4.15. The molecule has 1 aromatic heterocycles. The van der Waals surface area contributed by atoms with Crippen molar-refractivity contribution in [2.45, 2.75) is 31.4 Å². The van der Waals surface area contributed by atoms with Gasteiger partial charge in [0, 0.05) is 11.8 Å². The minimum absolute atomic E-state index is 0.232. The average molecular weight is 224 g/mol. The molecule has 3 nitrogen and oxygen atoms in total. The van der Waals surface area contributed by atoms with Gasteiger partial charge in [-0.15, -0.1) is 28.5 Å². The molecule has 0 aliphatic carbocycles. The second-order valence-electron chi connectivity index (χ2n) is 4.02. The van der Waals surface area contributed by atoms with Gasteiger partial charge in [-0.2, -0.15) is 0 Å². The van der Waals surface area contributed by atoms with Crippen molar-refractivity contribution in [2.75, 3.05) is 5.75 Å². The molecule has 0 fully saturated rings. The van der Waals surface area contributed by atoms with E-state index in [1.807, 2.05) is 39.0 Å². The molecule has 15 heavy (non-hydrogen) atoms. The fourth-order valence-electron chi connectivity index (χ4n) is 0.897. The number of ether oxygens (including phenoxy) is 1. The Balaban J connectivity index is 2.60. The minimum atomic E-state index is -0.232. The molecule has 1 aromatic rings.